The third-order valence-corrected chi connectivity index (χ3v) is 3.87. The summed E-state index contributed by atoms with van der Waals surface area (Å²) in [6.07, 6.45) is 2.10. The van der Waals surface area contributed by atoms with Crippen LogP contribution < -0.4 is 5.73 Å². The monoisotopic (exact) mass is 257 g/mol. The van der Waals surface area contributed by atoms with Crippen LogP contribution in [0, 0.1) is 10.8 Å². The molecule has 0 rings (SSSR count). The van der Waals surface area contributed by atoms with E-state index in [9.17, 15) is 4.79 Å². The summed E-state index contributed by atoms with van der Waals surface area (Å²) in [5, 5.41) is 0. The number of rotatable bonds is 6. The Hall–Kier alpha value is -0.570. The van der Waals surface area contributed by atoms with Gasteiger partial charge in [0.2, 0.25) is 0 Å². The molecule has 3 nitrogen and oxygen atoms in total. The van der Waals surface area contributed by atoms with Crippen molar-refractivity contribution < 1.29 is 9.53 Å². The van der Waals surface area contributed by atoms with E-state index >= 15 is 0 Å². The number of hydrogen-bond donors (Lipinski definition) is 1. The number of esters is 1. The van der Waals surface area contributed by atoms with Crippen LogP contribution in [0.3, 0.4) is 0 Å². The van der Waals surface area contributed by atoms with Crippen molar-refractivity contribution >= 4 is 5.97 Å². The minimum Gasteiger partial charge on any atom is -0.459 e. The van der Waals surface area contributed by atoms with Gasteiger partial charge in [-0.2, -0.15) is 0 Å². The van der Waals surface area contributed by atoms with Gasteiger partial charge in [0.25, 0.3) is 0 Å². The fourth-order valence-electron chi connectivity index (χ4n) is 2.22. The fraction of sp³-hybridized carbons (Fsp3) is 0.933. The predicted octanol–water partition coefficient (Wildman–Crippen LogP) is 3.51. The molecule has 18 heavy (non-hydrogen) atoms. The molecule has 0 saturated carbocycles. The van der Waals surface area contributed by atoms with E-state index in [2.05, 4.69) is 48.5 Å². The van der Waals surface area contributed by atoms with Crippen LogP contribution in [0.25, 0.3) is 0 Å². The third kappa shape index (κ3) is 4.97. The summed E-state index contributed by atoms with van der Waals surface area (Å²) in [5.41, 5.74) is 5.03. The van der Waals surface area contributed by atoms with Crippen molar-refractivity contribution in [2.24, 2.45) is 16.6 Å². The largest absolute Gasteiger partial charge is 0.459 e. The van der Waals surface area contributed by atoms with Crippen LogP contribution in [0.2, 0.25) is 0 Å². The highest BCUT2D eigenvalue weighted by atomic mass is 16.6. The molecule has 0 aliphatic heterocycles. The summed E-state index contributed by atoms with van der Waals surface area (Å²) in [7, 11) is 0. The van der Waals surface area contributed by atoms with Gasteiger partial charge in [0.15, 0.2) is 0 Å². The van der Waals surface area contributed by atoms with Gasteiger partial charge in [-0.25, -0.2) is 0 Å². The van der Waals surface area contributed by atoms with Crippen molar-refractivity contribution in [3.63, 3.8) is 0 Å². The molecule has 108 valence electrons. The molecule has 0 aliphatic rings. The van der Waals surface area contributed by atoms with Gasteiger partial charge < -0.3 is 10.5 Å². The normalized spacial score (nSPS) is 16.2. The third-order valence-electron chi connectivity index (χ3n) is 3.87. The van der Waals surface area contributed by atoms with Crippen molar-refractivity contribution in [2.75, 3.05) is 6.54 Å². The van der Waals surface area contributed by atoms with E-state index in [-0.39, 0.29) is 16.8 Å². The summed E-state index contributed by atoms with van der Waals surface area (Å²) in [4.78, 5) is 11.8. The molecule has 1 unspecified atom stereocenters. The van der Waals surface area contributed by atoms with Crippen LogP contribution >= 0.6 is 0 Å². The molecule has 0 aromatic rings. The molecule has 0 fully saturated rings. The Morgan fingerprint density at radius 2 is 1.61 bits per heavy atom. The van der Waals surface area contributed by atoms with Crippen LogP contribution in [0.1, 0.15) is 67.7 Å². The smallest absolute Gasteiger partial charge is 0.307 e. The lowest BCUT2D eigenvalue weighted by atomic mass is 9.67. The first-order valence-corrected chi connectivity index (χ1v) is 6.89. The quantitative estimate of drug-likeness (QED) is 0.741. The topological polar surface area (TPSA) is 52.3 Å². The first-order valence-electron chi connectivity index (χ1n) is 6.89. The zero-order valence-corrected chi connectivity index (χ0v) is 13.2. The lowest BCUT2D eigenvalue weighted by molar-refractivity contribution is -0.177. The number of carbonyl (C=O) groups excluding carboxylic acids is 1. The van der Waals surface area contributed by atoms with Crippen molar-refractivity contribution in [3.8, 4) is 0 Å². The molecule has 2 N–H and O–H groups in total. The molecule has 3 heteroatoms. The lowest BCUT2D eigenvalue weighted by Gasteiger charge is -2.46. The second-order valence-electron chi connectivity index (χ2n) is 7.22. The zero-order chi connectivity index (χ0) is 14.6. The fourth-order valence-corrected chi connectivity index (χ4v) is 2.22. The Kier molecular flexibility index (Phi) is 5.86. The highest BCUT2D eigenvalue weighted by molar-refractivity contribution is 5.70. The standard InChI is InChI=1S/C15H31NO2/c1-8-14(5,6)15(7,11-13(2,3)4)18-12(17)9-10-16/h8-11,16H2,1-7H3. The molecule has 1 atom stereocenters. The van der Waals surface area contributed by atoms with E-state index in [1.807, 2.05) is 0 Å². The molecule has 0 aromatic heterocycles. The lowest BCUT2D eigenvalue weighted by Crippen LogP contribution is -2.48. The summed E-state index contributed by atoms with van der Waals surface area (Å²) < 4.78 is 5.79. The van der Waals surface area contributed by atoms with E-state index in [4.69, 9.17) is 10.5 Å². The maximum atomic E-state index is 11.8. The van der Waals surface area contributed by atoms with Crippen molar-refractivity contribution in [1.29, 1.82) is 0 Å². The molecule has 0 aromatic carbocycles. The summed E-state index contributed by atoms with van der Waals surface area (Å²) in [6, 6.07) is 0. The van der Waals surface area contributed by atoms with Gasteiger partial charge in [0.05, 0.1) is 6.42 Å². The first-order chi connectivity index (χ1) is 7.97. The minimum atomic E-state index is -0.452. The average molecular weight is 257 g/mol. The van der Waals surface area contributed by atoms with Crippen molar-refractivity contribution in [2.45, 2.75) is 73.3 Å². The second-order valence-corrected chi connectivity index (χ2v) is 7.22. The predicted molar refractivity (Wildman–Crippen MR) is 76.3 cm³/mol. The van der Waals surface area contributed by atoms with E-state index in [1.165, 1.54) is 0 Å². The zero-order valence-electron chi connectivity index (χ0n) is 13.2. The molecule has 0 spiro atoms. The summed E-state index contributed by atoms with van der Waals surface area (Å²) in [5.74, 6) is -0.189. The van der Waals surface area contributed by atoms with Crippen LogP contribution in [0.4, 0.5) is 0 Å². The molecule has 0 radical (unpaired) electrons. The van der Waals surface area contributed by atoms with Gasteiger partial charge in [-0.15, -0.1) is 0 Å². The van der Waals surface area contributed by atoms with E-state index < -0.39 is 5.60 Å². The Morgan fingerprint density at radius 3 is 1.94 bits per heavy atom. The number of hydrogen-bond acceptors (Lipinski definition) is 3. The van der Waals surface area contributed by atoms with E-state index in [1.54, 1.807) is 0 Å². The number of ether oxygens (including phenoxy) is 1. The second kappa shape index (κ2) is 6.05. The average Bonchev–Trinajstić information content (AvgIpc) is 2.14. The van der Waals surface area contributed by atoms with Crippen LogP contribution in [-0.2, 0) is 9.53 Å². The molecular formula is C15H31NO2. The van der Waals surface area contributed by atoms with Crippen LogP contribution in [0.15, 0.2) is 0 Å². The van der Waals surface area contributed by atoms with Gasteiger partial charge in [-0.3, -0.25) is 4.79 Å². The van der Waals surface area contributed by atoms with Crippen molar-refractivity contribution in [3.05, 3.63) is 0 Å². The minimum absolute atomic E-state index is 0.0511. The van der Waals surface area contributed by atoms with E-state index in [0.29, 0.717) is 13.0 Å². The van der Waals surface area contributed by atoms with Crippen LogP contribution in [0.5, 0.6) is 0 Å². The molecule has 0 amide bonds. The van der Waals surface area contributed by atoms with Gasteiger partial charge in [-0.1, -0.05) is 41.5 Å². The Balaban J connectivity index is 5.10. The summed E-state index contributed by atoms with van der Waals surface area (Å²) in [6.45, 7) is 15.4. The van der Waals surface area contributed by atoms with Crippen LogP contribution in [-0.4, -0.2) is 18.1 Å². The molecule has 0 bridgehead atoms. The molecule has 0 heterocycles. The maximum absolute atomic E-state index is 11.8. The maximum Gasteiger partial charge on any atom is 0.307 e. The van der Waals surface area contributed by atoms with Gasteiger partial charge in [-0.05, 0) is 25.2 Å². The van der Waals surface area contributed by atoms with Gasteiger partial charge in [0, 0.05) is 12.0 Å². The highest BCUT2D eigenvalue weighted by Crippen LogP contribution is 2.44. The Labute approximate surface area is 112 Å². The SMILES string of the molecule is CCC(C)(C)C(C)(CC(C)(C)C)OC(=O)CCN. The van der Waals surface area contributed by atoms with Gasteiger partial charge >= 0.3 is 5.97 Å². The number of nitrogens with two attached hydrogens (primary N) is 1. The molecule has 0 aliphatic carbocycles. The first kappa shape index (κ1) is 17.4. The Bertz CT molecular complexity index is 279. The van der Waals surface area contributed by atoms with Gasteiger partial charge in [0.1, 0.15) is 5.60 Å². The molecular weight excluding hydrogens is 226 g/mol. The van der Waals surface area contributed by atoms with E-state index in [0.717, 1.165) is 12.8 Å². The number of carbonyl (C=O) groups is 1. The Morgan fingerprint density at radius 1 is 1.11 bits per heavy atom. The van der Waals surface area contributed by atoms with Crippen molar-refractivity contribution in [1.82, 2.24) is 0 Å². The summed E-state index contributed by atoms with van der Waals surface area (Å²) >= 11 is 0. The highest BCUT2D eigenvalue weighted by Gasteiger charge is 2.45. The molecule has 0 saturated heterocycles.